The lowest BCUT2D eigenvalue weighted by molar-refractivity contribution is -0.160. The first-order valence-corrected chi connectivity index (χ1v) is 7.80. The molecule has 0 saturated heterocycles. The Labute approximate surface area is 129 Å². The first-order valence-electron chi connectivity index (χ1n) is 7.80. The van der Waals surface area contributed by atoms with Gasteiger partial charge in [-0.3, -0.25) is 4.79 Å². The van der Waals surface area contributed by atoms with E-state index in [1.54, 1.807) is 0 Å². The topological polar surface area (TPSA) is 26.3 Å². The van der Waals surface area contributed by atoms with Crippen molar-refractivity contribution in [2.45, 2.75) is 58.5 Å². The van der Waals surface area contributed by atoms with Crippen molar-refractivity contribution in [2.24, 2.45) is 5.92 Å². The average Bonchev–Trinajstić information content (AvgIpc) is 2.41. The molecule has 0 radical (unpaired) electrons. The van der Waals surface area contributed by atoms with Gasteiger partial charge in [0.2, 0.25) is 0 Å². The zero-order chi connectivity index (χ0) is 15.7. The maximum absolute atomic E-state index is 12.4. The third-order valence-corrected chi connectivity index (χ3v) is 3.28. The van der Waals surface area contributed by atoms with E-state index in [0.717, 1.165) is 32.1 Å². The number of hydrogen-bond donors (Lipinski definition) is 0. The molecule has 0 fully saturated rings. The molecule has 1 atom stereocenters. The fraction of sp³-hybridized carbons (Fsp3) is 0.526. The van der Waals surface area contributed by atoms with E-state index < -0.39 is 5.60 Å². The fourth-order valence-corrected chi connectivity index (χ4v) is 2.27. The van der Waals surface area contributed by atoms with Crippen LogP contribution in [0.5, 0.6) is 0 Å². The third kappa shape index (κ3) is 7.69. The summed E-state index contributed by atoms with van der Waals surface area (Å²) in [5.41, 5.74) is 0.768. The van der Waals surface area contributed by atoms with Crippen LogP contribution >= 0.6 is 0 Å². The van der Waals surface area contributed by atoms with Gasteiger partial charge >= 0.3 is 5.97 Å². The molecule has 1 aromatic carbocycles. The molecule has 0 aliphatic rings. The Morgan fingerprint density at radius 2 is 1.90 bits per heavy atom. The SMILES string of the molecule is C=CCCCCC(Cc1ccccc1)C(=O)OC(C)(C)C. The number of esters is 1. The lowest BCUT2D eigenvalue weighted by Gasteiger charge is -2.24. The molecular formula is C19H28O2. The number of unbranched alkanes of at least 4 members (excludes halogenated alkanes) is 2. The van der Waals surface area contributed by atoms with Gasteiger partial charge in [-0.25, -0.2) is 0 Å². The average molecular weight is 288 g/mol. The summed E-state index contributed by atoms with van der Waals surface area (Å²) in [4.78, 5) is 12.4. The Bertz CT molecular complexity index is 429. The maximum Gasteiger partial charge on any atom is 0.309 e. The Hall–Kier alpha value is -1.57. The summed E-state index contributed by atoms with van der Waals surface area (Å²) in [6, 6.07) is 10.2. The standard InChI is InChI=1S/C19H28O2/c1-5-6-7-11-14-17(18(20)21-19(2,3)4)15-16-12-9-8-10-13-16/h5,8-10,12-13,17H,1,6-7,11,14-15H2,2-4H3. The quantitative estimate of drug-likeness (QED) is 0.385. The van der Waals surface area contributed by atoms with E-state index in [9.17, 15) is 4.79 Å². The van der Waals surface area contributed by atoms with Crippen LogP contribution in [-0.4, -0.2) is 11.6 Å². The molecule has 0 N–H and O–H groups in total. The summed E-state index contributed by atoms with van der Waals surface area (Å²) in [6.45, 7) is 9.49. The fourth-order valence-electron chi connectivity index (χ4n) is 2.27. The number of allylic oxidation sites excluding steroid dienone is 1. The molecule has 0 saturated carbocycles. The molecule has 0 aliphatic carbocycles. The molecule has 116 valence electrons. The van der Waals surface area contributed by atoms with E-state index in [4.69, 9.17) is 4.74 Å². The first-order chi connectivity index (χ1) is 9.92. The lowest BCUT2D eigenvalue weighted by Crippen LogP contribution is -2.29. The first kappa shape index (κ1) is 17.5. The van der Waals surface area contributed by atoms with Crippen LogP contribution in [0, 0.1) is 5.92 Å². The summed E-state index contributed by atoms with van der Waals surface area (Å²) in [7, 11) is 0. The Kier molecular flexibility index (Phi) is 7.21. The van der Waals surface area contributed by atoms with Crippen molar-refractivity contribution in [1.29, 1.82) is 0 Å². The molecule has 1 rings (SSSR count). The largest absolute Gasteiger partial charge is 0.460 e. The molecule has 2 nitrogen and oxygen atoms in total. The highest BCUT2D eigenvalue weighted by molar-refractivity contribution is 5.73. The van der Waals surface area contributed by atoms with Crippen molar-refractivity contribution >= 4 is 5.97 Å². The van der Waals surface area contributed by atoms with Crippen LogP contribution in [-0.2, 0) is 16.0 Å². The molecule has 21 heavy (non-hydrogen) atoms. The number of carbonyl (C=O) groups excluding carboxylic acids is 1. The highest BCUT2D eigenvalue weighted by Crippen LogP contribution is 2.20. The molecule has 0 aliphatic heterocycles. The zero-order valence-corrected chi connectivity index (χ0v) is 13.6. The number of rotatable bonds is 8. The van der Waals surface area contributed by atoms with E-state index in [1.165, 1.54) is 5.56 Å². The van der Waals surface area contributed by atoms with E-state index in [2.05, 4.69) is 18.7 Å². The van der Waals surface area contributed by atoms with Crippen LogP contribution in [0.4, 0.5) is 0 Å². The van der Waals surface area contributed by atoms with Gasteiger partial charge in [0.15, 0.2) is 0 Å². The summed E-state index contributed by atoms with van der Waals surface area (Å²) >= 11 is 0. The monoisotopic (exact) mass is 288 g/mol. The molecule has 0 heterocycles. The van der Waals surface area contributed by atoms with Crippen LogP contribution < -0.4 is 0 Å². The van der Waals surface area contributed by atoms with Gasteiger partial charge in [-0.15, -0.1) is 6.58 Å². The zero-order valence-electron chi connectivity index (χ0n) is 13.6. The van der Waals surface area contributed by atoms with Crippen molar-refractivity contribution in [3.8, 4) is 0 Å². The van der Waals surface area contributed by atoms with Crippen molar-refractivity contribution in [1.82, 2.24) is 0 Å². The van der Waals surface area contributed by atoms with Gasteiger partial charge < -0.3 is 4.74 Å². The molecule has 0 bridgehead atoms. The second kappa shape index (κ2) is 8.66. The van der Waals surface area contributed by atoms with Crippen LogP contribution in [0.2, 0.25) is 0 Å². The van der Waals surface area contributed by atoms with Gasteiger partial charge in [0, 0.05) is 0 Å². The summed E-state index contributed by atoms with van der Waals surface area (Å²) in [5, 5.41) is 0. The van der Waals surface area contributed by atoms with Gasteiger partial charge in [0.05, 0.1) is 5.92 Å². The highest BCUT2D eigenvalue weighted by atomic mass is 16.6. The van der Waals surface area contributed by atoms with Crippen LogP contribution in [0.15, 0.2) is 43.0 Å². The number of ether oxygens (including phenoxy) is 1. The van der Waals surface area contributed by atoms with Crippen LogP contribution in [0.25, 0.3) is 0 Å². The van der Waals surface area contributed by atoms with Crippen LogP contribution in [0.3, 0.4) is 0 Å². The van der Waals surface area contributed by atoms with Gasteiger partial charge in [0.25, 0.3) is 0 Å². The van der Waals surface area contributed by atoms with Crippen molar-refractivity contribution in [3.63, 3.8) is 0 Å². The Morgan fingerprint density at radius 1 is 1.24 bits per heavy atom. The third-order valence-electron chi connectivity index (χ3n) is 3.28. The second-order valence-electron chi connectivity index (χ2n) is 6.49. The van der Waals surface area contributed by atoms with Crippen molar-refractivity contribution in [3.05, 3.63) is 48.6 Å². The van der Waals surface area contributed by atoms with E-state index in [1.807, 2.05) is 45.0 Å². The van der Waals surface area contributed by atoms with E-state index in [0.29, 0.717) is 0 Å². The second-order valence-corrected chi connectivity index (χ2v) is 6.49. The van der Waals surface area contributed by atoms with Crippen molar-refractivity contribution < 1.29 is 9.53 Å². The maximum atomic E-state index is 12.4. The molecule has 1 aromatic rings. The van der Waals surface area contributed by atoms with E-state index >= 15 is 0 Å². The highest BCUT2D eigenvalue weighted by Gasteiger charge is 2.25. The lowest BCUT2D eigenvalue weighted by atomic mass is 9.93. The number of hydrogen-bond acceptors (Lipinski definition) is 2. The summed E-state index contributed by atoms with van der Waals surface area (Å²) in [6.07, 6.45) is 6.67. The minimum absolute atomic E-state index is 0.0589. The predicted molar refractivity (Wildman–Crippen MR) is 88.1 cm³/mol. The van der Waals surface area contributed by atoms with Gasteiger partial charge in [-0.2, -0.15) is 0 Å². The molecule has 1 unspecified atom stereocenters. The number of benzene rings is 1. The van der Waals surface area contributed by atoms with Gasteiger partial charge in [0.1, 0.15) is 5.60 Å². The molecule has 0 spiro atoms. The minimum atomic E-state index is -0.423. The van der Waals surface area contributed by atoms with Gasteiger partial charge in [-0.05, 0) is 52.0 Å². The molecular weight excluding hydrogens is 260 g/mol. The summed E-state index contributed by atoms with van der Waals surface area (Å²) in [5.74, 6) is -0.138. The molecule has 2 heteroatoms. The Balaban J connectivity index is 2.64. The molecule has 0 aromatic heterocycles. The minimum Gasteiger partial charge on any atom is -0.460 e. The van der Waals surface area contributed by atoms with Crippen LogP contribution in [0.1, 0.15) is 52.0 Å². The molecule has 0 amide bonds. The number of carbonyl (C=O) groups is 1. The summed E-state index contributed by atoms with van der Waals surface area (Å²) < 4.78 is 5.57. The van der Waals surface area contributed by atoms with Crippen molar-refractivity contribution in [2.75, 3.05) is 0 Å². The van der Waals surface area contributed by atoms with Gasteiger partial charge in [-0.1, -0.05) is 42.8 Å². The Morgan fingerprint density at radius 3 is 2.48 bits per heavy atom. The smallest absolute Gasteiger partial charge is 0.309 e. The predicted octanol–water partition coefficient (Wildman–Crippen LogP) is 4.93. The normalized spacial score (nSPS) is 12.7. The van der Waals surface area contributed by atoms with E-state index in [-0.39, 0.29) is 11.9 Å².